The van der Waals surface area contributed by atoms with E-state index in [1.54, 1.807) is 39.2 Å². The maximum atomic E-state index is 14.7. The van der Waals surface area contributed by atoms with Gasteiger partial charge in [-0.3, -0.25) is 4.79 Å². The normalized spacial score (nSPS) is 19.7. The van der Waals surface area contributed by atoms with Crippen molar-refractivity contribution in [1.82, 2.24) is 9.55 Å². The van der Waals surface area contributed by atoms with Gasteiger partial charge in [0.25, 0.3) is 0 Å². The number of rotatable bonds is 8. The molecular weight excluding hydrogens is 486 g/mol. The fraction of sp³-hybridized carbons (Fsp3) is 0.593. The van der Waals surface area contributed by atoms with Crippen LogP contribution in [-0.2, 0) is 25.5 Å². The molecular formula is C27H36F2N2O6. The number of nitrogens with zero attached hydrogens (tertiary/aromatic N) is 2. The Morgan fingerprint density at radius 1 is 1.22 bits per heavy atom. The second-order valence-electron chi connectivity index (χ2n) is 11.1. The maximum Gasteiger partial charge on any atom is 0.356 e. The fourth-order valence-electron chi connectivity index (χ4n) is 4.67. The van der Waals surface area contributed by atoms with Crippen LogP contribution in [0.1, 0.15) is 89.8 Å². The molecule has 0 bridgehead atoms. The van der Waals surface area contributed by atoms with Gasteiger partial charge in [-0.2, -0.15) is 0 Å². The van der Waals surface area contributed by atoms with Crippen molar-refractivity contribution in [3.05, 3.63) is 41.2 Å². The Bertz CT molecular complexity index is 1150. The molecule has 0 radical (unpaired) electrons. The van der Waals surface area contributed by atoms with Gasteiger partial charge in [-0.05, 0) is 59.1 Å². The smallest absolute Gasteiger partial charge is 0.356 e. The molecule has 10 heteroatoms. The molecule has 1 saturated heterocycles. The lowest BCUT2D eigenvalue weighted by Crippen LogP contribution is -2.46. The molecule has 2 heterocycles. The van der Waals surface area contributed by atoms with Gasteiger partial charge >= 0.3 is 11.9 Å². The van der Waals surface area contributed by atoms with Crippen LogP contribution < -0.4 is 0 Å². The lowest BCUT2D eigenvalue weighted by molar-refractivity contribution is -0.301. The molecule has 0 unspecified atom stereocenters. The van der Waals surface area contributed by atoms with Crippen LogP contribution in [0.2, 0.25) is 0 Å². The number of esters is 1. The molecule has 1 N–H and O–H groups in total. The molecule has 204 valence electrons. The van der Waals surface area contributed by atoms with Crippen LogP contribution in [-0.4, -0.2) is 50.2 Å². The predicted molar refractivity (Wildman–Crippen MR) is 132 cm³/mol. The maximum absolute atomic E-state index is 14.7. The highest BCUT2D eigenvalue weighted by atomic mass is 19.1. The summed E-state index contributed by atoms with van der Waals surface area (Å²) in [5.74, 6) is -4.25. The van der Waals surface area contributed by atoms with Crippen LogP contribution in [0.4, 0.5) is 8.78 Å². The molecule has 0 spiro atoms. The van der Waals surface area contributed by atoms with E-state index in [9.17, 15) is 23.5 Å². The number of imidazole rings is 1. The van der Waals surface area contributed by atoms with E-state index < -0.39 is 35.1 Å². The van der Waals surface area contributed by atoms with Gasteiger partial charge in [0.15, 0.2) is 11.5 Å². The monoisotopic (exact) mass is 522 g/mol. The van der Waals surface area contributed by atoms with Crippen molar-refractivity contribution in [2.75, 3.05) is 0 Å². The van der Waals surface area contributed by atoms with Crippen molar-refractivity contribution >= 4 is 11.9 Å². The molecule has 0 aliphatic carbocycles. The summed E-state index contributed by atoms with van der Waals surface area (Å²) in [6.07, 6.45) is 0.137. The van der Waals surface area contributed by atoms with Crippen molar-refractivity contribution in [3.8, 4) is 11.4 Å². The first-order chi connectivity index (χ1) is 17.1. The highest BCUT2D eigenvalue weighted by Crippen LogP contribution is 2.33. The lowest BCUT2D eigenvalue weighted by Gasteiger charge is -2.41. The molecule has 8 nitrogen and oxygen atoms in total. The SMILES string of the molecule is CC(C)c1c(C(=O)O)nc(-c2ccc(F)cc2F)n1CC[C@@H]1C[C@H](CC(=O)OC(C)(C)C)OC(C)(C)O1. The summed E-state index contributed by atoms with van der Waals surface area (Å²) >= 11 is 0. The van der Waals surface area contributed by atoms with Gasteiger partial charge in [0, 0.05) is 19.0 Å². The Morgan fingerprint density at radius 3 is 2.43 bits per heavy atom. The quantitative estimate of drug-likeness (QED) is 0.445. The molecule has 1 aromatic carbocycles. The lowest BCUT2D eigenvalue weighted by atomic mass is 10.0. The second kappa shape index (κ2) is 10.9. The number of hydrogen-bond acceptors (Lipinski definition) is 6. The van der Waals surface area contributed by atoms with Crippen molar-refractivity contribution in [1.29, 1.82) is 0 Å². The number of hydrogen-bond donors (Lipinski definition) is 1. The molecule has 0 saturated carbocycles. The van der Waals surface area contributed by atoms with Gasteiger partial charge in [-0.25, -0.2) is 18.6 Å². The zero-order valence-electron chi connectivity index (χ0n) is 22.4. The van der Waals surface area contributed by atoms with Gasteiger partial charge in [0.1, 0.15) is 23.1 Å². The number of carboxylic acid groups (broad SMARTS) is 1. The summed E-state index contributed by atoms with van der Waals surface area (Å²) in [7, 11) is 0. The van der Waals surface area contributed by atoms with E-state index >= 15 is 0 Å². The minimum Gasteiger partial charge on any atom is -0.476 e. The Balaban J connectivity index is 1.89. The third kappa shape index (κ3) is 7.35. The van der Waals surface area contributed by atoms with E-state index in [-0.39, 0.29) is 48.0 Å². The average Bonchev–Trinajstić information content (AvgIpc) is 3.09. The number of carboxylic acids is 1. The largest absolute Gasteiger partial charge is 0.476 e. The average molecular weight is 523 g/mol. The summed E-state index contributed by atoms with van der Waals surface area (Å²) < 4.78 is 47.4. The Hall–Kier alpha value is -2.85. The molecule has 1 fully saturated rings. The highest BCUT2D eigenvalue weighted by Gasteiger charge is 2.37. The van der Waals surface area contributed by atoms with Crippen molar-refractivity contribution in [3.63, 3.8) is 0 Å². The summed E-state index contributed by atoms with van der Waals surface area (Å²) in [4.78, 5) is 28.6. The van der Waals surface area contributed by atoms with Gasteiger partial charge in [0.2, 0.25) is 0 Å². The van der Waals surface area contributed by atoms with Crippen molar-refractivity contribution < 1.29 is 37.7 Å². The first kappa shape index (κ1) is 28.7. The van der Waals surface area contributed by atoms with Crippen LogP contribution in [0.25, 0.3) is 11.4 Å². The number of aromatic carboxylic acids is 1. The molecule has 3 rings (SSSR count). The molecule has 37 heavy (non-hydrogen) atoms. The van der Waals surface area contributed by atoms with E-state index in [1.165, 1.54) is 6.07 Å². The van der Waals surface area contributed by atoms with Crippen LogP contribution in [0.15, 0.2) is 18.2 Å². The van der Waals surface area contributed by atoms with Crippen LogP contribution in [0, 0.1) is 11.6 Å². The molecule has 1 aromatic heterocycles. The van der Waals surface area contributed by atoms with Crippen LogP contribution in [0.5, 0.6) is 0 Å². The van der Waals surface area contributed by atoms with Crippen molar-refractivity contribution in [2.24, 2.45) is 0 Å². The number of aromatic nitrogens is 2. The van der Waals surface area contributed by atoms with E-state index in [0.29, 0.717) is 18.5 Å². The number of carbonyl (C=O) groups is 2. The van der Waals surface area contributed by atoms with Gasteiger partial charge in [-0.15, -0.1) is 0 Å². The minimum atomic E-state index is -1.23. The Kier molecular flexibility index (Phi) is 8.44. The fourth-order valence-corrected chi connectivity index (χ4v) is 4.67. The highest BCUT2D eigenvalue weighted by molar-refractivity contribution is 5.88. The molecule has 2 atom stereocenters. The first-order valence-corrected chi connectivity index (χ1v) is 12.4. The summed E-state index contributed by atoms with van der Waals surface area (Å²) in [5, 5.41) is 9.78. The van der Waals surface area contributed by atoms with Gasteiger partial charge < -0.3 is 23.9 Å². The first-order valence-electron chi connectivity index (χ1n) is 12.4. The van der Waals surface area contributed by atoms with E-state index in [4.69, 9.17) is 14.2 Å². The Labute approximate surface area is 215 Å². The third-order valence-electron chi connectivity index (χ3n) is 5.84. The zero-order chi connectivity index (χ0) is 27.7. The molecule has 2 aromatic rings. The standard InChI is InChI=1S/C27H36F2N2O6/c1-15(2)23-22(25(33)34)30-24(19-9-8-16(28)12-20(19)29)31(23)11-10-17-13-18(36-27(6,7)35-17)14-21(32)37-26(3,4)5/h8-9,12,15,17-18H,10-11,13-14H2,1-7H3,(H,33,34)/t17-,18-/m1/s1. The molecule has 1 aliphatic heterocycles. The summed E-state index contributed by atoms with van der Waals surface area (Å²) in [5.41, 5.74) is -0.348. The van der Waals surface area contributed by atoms with E-state index in [2.05, 4.69) is 4.98 Å². The number of carbonyl (C=O) groups excluding carboxylic acids is 1. The topological polar surface area (TPSA) is 99.9 Å². The molecule has 0 amide bonds. The summed E-state index contributed by atoms with van der Waals surface area (Å²) in [6, 6.07) is 3.11. The van der Waals surface area contributed by atoms with Gasteiger partial charge in [-0.1, -0.05) is 13.8 Å². The summed E-state index contributed by atoms with van der Waals surface area (Å²) in [6.45, 7) is 12.8. The van der Waals surface area contributed by atoms with E-state index in [0.717, 1.165) is 12.1 Å². The minimum absolute atomic E-state index is 0.00632. The van der Waals surface area contributed by atoms with E-state index in [1.807, 2.05) is 13.8 Å². The number of benzene rings is 1. The van der Waals surface area contributed by atoms with Crippen LogP contribution in [0.3, 0.4) is 0 Å². The number of halogens is 2. The van der Waals surface area contributed by atoms with Crippen LogP contribution >= 0.6 is 0 Å². The molecule has 1 aliphatic rings. The Morgan fingerprint density at radius 2 is 1.86 bits per heavy atom. The predicted octanol–water partition coefficient (Wildman–Crippen LogP) is 5.68. The zero-order valence-corrected chi connectivity index (χ0v) is 22.4. The second-order valence-corrected chi connectivity index (χ2v) is 11.1. The third-order valence-corrected chi connectivity index (χ3v) is 5.84. The van der Waals surface area contributed by atoms with Crippen molar-refractivity contribution in [2.45, 2.75) is 104 Å². The van der Waals surface area contributed by atoms with Gasteiger partial charge in [0.05, 0.1) is 29.9 Å². The number of ether oxygens (including phenoxy) is 3.